The molecule has 0 unspecified atom stereocenters. The van der Waals surface area contributed by atoms with Crippen LogP contribution in [0, 0.1) is 10.1 Å². The van der Waals surface area contributed by atoms with Crippen molar-refractivity contribution in [2.45, 2.75) is 0 Å². The van der Waals surface area contributed by atoms with E-state index in [0.29, 0.717) is 5.69 Å². The first-order valence-corrected chi connectivity index (χ1v) is 4.29. The highest BCUT2D eigenvalue weighted by atomic mass is 16.6. The normalized spacial score (nSPS) is 9.73. The van der Waals surface area contributed by atoms with E-state index in [-0.39, 0.29) is 24.5 Å². The molecular weight excluding hydrogens is 200 g/mol. The lowest BCUT2D eigenvalue weighted by molar-refractivity contribution is -0.383. The molecule has 0 fully saturated rings. The maximum atomic E-state index is 10.8. The quantitative estimate of drug-likeness (QED) is 0.317. The van der Waals surface area contributed by atoms with Crippen molar-refractivity contribution >= 4 is 17.1 Å². The number of nitrogens with two attached hydrogens (primary N) is 1. The lowest BCUT2D eigenvalue weighted by atomic mass is 10.2. The fraction of sp³-hybridized carbons (Fsp3) is 0.250. The number of nitrogens with zero attached hydrogens (tertiary/aromatic N) is 1. The van der Waals surface area contributed by atoms with Crippen molar-refractivity contribution in [2.24, 2.45) is 5.84 Å². The monoisotopic (exact) mass is 212 g/mol. The van der Waals surface area contributed by atoms with Crippen molar-refractivity contribution < 1.29 is 10.0 Å². The standard InChI is InChI=1S/C8H12N4O3/c9-11-7-3-1-2-6(10-4-5-13)8(7)12(14)15/h1-3,10-11,13H,4-5,9H2. The molecule has 82 valence electrons. The maximum Gasteiger partial charge on any atom is 0.316 e. The van der Waals surface area contributed by atoms with Gasteiger partial charge in [0.25, 0.3) is 0 Å². The van der Waals surface area contributed by atoms with Crippen molar-refractivity contribution in [2.75, 3.05) is 23.9 Å². The second-order valence-corrected chi connectivity index (χ2v) is 2.75. The van der Waals surface area contributed by atoms with Crippen molar-refractivity contribution in [3.8, 4) is 0 Å². The Balaban J connectivity index is 3.07. The second kappa shape index (κ2) is 5.13. The molecule has 0 saturated heterocycles. The van der Waals surface area contributed by atoms with Crippen molar-refractivity contribution in [1.82, 2.24) is 0 Å². The van der Waals surface area contributed by atoms with Crippen molar-refractivity contribution in [1.29, 1.82) is 0 Å². The highest BCUT2D eigenvalue weighted by molar-refractivity contribution is 5.75. The summed E-state index contributed by atoms with van der Waals surface area (Å²) >= 11 is 0. The molecular formula is C8H12N4O3. The molecule has 0 aliphatic rings. The summed E-state index contributed by atoms with van der Waals surface area (Å²) in [5, 5.41) is 22.1. The summed E-state index contributed by atoms with van der Waals surface area (Å²) in [7, 11) is 0. The van der Waals surface area contributed by atoms with Gasteiger partial charge in [0, 0.05) is 6.54 Å². The molecule has 1 aromatic carbocycles. The van der Waals surface area contributed by atoms with Crippen LogP contribution >= 0.6 is 0 Å². The van der Waals surface area contributed by atoms with Gasteiger partial charge in [0.1, 0.15) is 11.4 Å². The first-order valence-electron chi connectivity index (χ1n) is 4.29. The Hall–Kier alpha value is -1.86. The first-order chi connectivity index (χ1) is 7.20. The molecule has 0 spiro atoms. The molecule has 7 nitrogen and oxygen atoms in total. The number of hydrazine groups is 1. The second-order valence-electron chi connectivity index (χ2n) is 2.75. The largest absolute Gasteiger partial charge is 0.395 e. The van der Waals surface area contributed by atoms with E-state index in [0.717, 1.165) is 0 Å². The third-order valence-corrected chi connectivity index (χ3v) is 1.80. The van der Waals surface area contributed by atoms with Gasteiger partial charge in [-0.05, 0) is 12.1 Å². The minimum atomic E-state index is -0.533. The molecule has 0 amide bonds. The Bertz CT molecular complexity index is 356. The molecule has 0 bridgehead atoms. The van der Waals surface area contributed by atoms with E-state index < -0.39 is 4.92 Å². The number of nitro benzene ring substituents is 1. The first kappa shape index (κ1) is 11.2. The van der Waals surface area contributed by atoms with E-state index in [9.17, 15) is 10.1 Å². The minimum Gasteiger partial charge on any atom is -0.395 e. The van der Waals surface area contributed by atoms with E-state index in [1.165, 1.54) is 6.07 Å². The molecule has 15 heavy (non-hydrogen) atoms. The van der Waals surface area contributed by atoms with E-state index in [1.807, 2.05) is 0 Å². The molecule has 0 aromatic heterocycles. The minimum absolute atomic E-state index is 0.0998. The number of aliphatic hydroxyl groups is 1. The lowest BCUT2D eigenvalue weighted by Crippen LogP contribution is -2.12. The molecule has 0 saturated carbocycles. The average Bonchev–Trinajstić information content (AvgIpc) is 2.25. The Labute approximate surface area is 86.0 Å². The van der Waals surface area contributed by atoms with Gasteiger partial charge in [0.05, 0.1) is 11.5 Å². The van der Waals surface area contributed by atoms with Gasteiger partial charge in [0.2, 0.25) is 0 Å². The van der Waals surface area contributed by atoms with Crippen LogP contribution in [0.3, 0.4) is 0 Å². The summed E-state index contributed by atoms with van der Waals surface area (Å²) in [4.78, 5) is 10.2. The Morgan fingerprint density at radius 2 is 2.13 bits per heavy atom. The Kier molecular flexibility index (Phi) is 3.83. The van der Waals surface area contributed by atoms with Gasteiger partial charge in [-0.1, -0.05) is 6.07 Å². The Morgan fingerprint density at radius 1 is 1.47 bits per heavy atom. The van der Waals surface area contributed by atoms with Crippen molar-refractivity contribution in [3.63, 3.8) is 0 Å². The zero-order valence-electron chi connectivity index (χ0n) is 7.93. The van der Waals surface area contributed by atoms with E-state index in [1.54, 1.807) is 12.1 Å². The topological polar surface area (TPSA) is 113 Å². The predicted octanol–water partition coefficient (Wildman–Crippen LogP) is 0.285. The van der Waals surface area contributed by atoms with E-state index in [4.69, 9.17) is 10.9 Å². The van der Waals surface area contributed by atoms with Gasteiger partial charge in [-0.25, -0.2) is 0 Å². The number of aliphatic hydroxyl groups excluding tert-OH is 1. The van der Waals surface area contributed by atoms with Gasteiger partial charge < -0.3 is 15.8 Å². The van der Waals surface area contributed by atoms with Gasteiger partial charge in [0.15, 0.2) is 0 Å². The summed E-state index contributed by atoms with van der Waals surface area (Å²) in [5.74, 6) is 5.15. The maximum absolute atomic E-state index is 10.8. The summed E-state index contributed by atoms with van der Waals surface area (Å²) in [5.41, 5.74) is 2.67. The SMILES string of the molecule is NNc1cccc(NCCO)c1[N+](=O)[O-]. The molecule has 0 aliphatic heterocycles. The third-order valence-electron chi connectivity index (χ3n) is 1.80. The van der Waals surface area contributed by atoms with Gasteiger partial charge >= 0.3 is 5.69 Å². The van der Waals surface area contributed by atoms with Gasteiger partial charge in [-0.3, -0.25) is 16.0 Å². The van der Waals surface area contributed by atoms with Crippen LogP contribution in [0.2, 0.25) is 0 Å². The number of anilines is 2. The van der Waals surface area contributed by atoms with Crippen LogP contribution in [-0.2, 0) is 0 Å². The molecule has 7 heteroatoms. The number of benzene rings is 1. The van der Waals surface area contributed by atoms with Crippen LogP contribution in [-0.4, -0.2) is 23.2 Å². The number of nitrogen functional groups attached to an aromatic ring is 1. The number of hydrogen-bond donors (Lipinski definition) is 4. The van der Waals surface area contributed by atoms with E-state index >= 15 is 0 Å². The predicted molar refractivity (Wildman–Crippen MR) is 56.5 cm³/mol. The molecule has 5 N–H and O–H groups in total. The van der Waals surface area contributed by atoms with Crippen LogP contribution in [0.4, 0.5) is 17.1 Å². The fourth-order valence-corrected chi connectivity index (χ4v) is 1.19. The lowest BCUT2D eigenvalue weighted by Gasteiger charge is -2.08. The Morgan fingerprint density at radius 3 is 2.67 bits per heavy atom. The molecule has 0 heterocycles. The molecule has 1 aromatic rings. The summed E-state index contributed by atoms with van der Waals surface area (Å²) in [6.45, 7) is 0.145. The number of nitro groups is 1. The van der Waals surface area contributed by atoms with Gasteiger partial charge in [-0.15, -0.1) is 0 Å². The highest BCUT2D eigenvalue weighted by Crippen LogP contribution is 2.31. The van der Waals surface area contributed by atoms with Crippen LogP contribution < -0.4 is 16.6 Å². The van der Waals surface area contributed by atoms with Crippen LogP contribution in [0.25, 0.3) is 0 Å². The highest BCUT2D eigenvalue weighted by Gasteiger charge is 2.18. The average molecular weight is 212 g/mol. The third kappa shape index (κ3) is 2.55. The summed E-state index contributed by atoms with van der Waals surface area (Å²) in [6, 6.07) is 4.68. The van der Waals surface area contributed by atoms with Crippen LogP contribution in [0.1, 0.15) is 0 Å². The molecule has 0 aliphatic carbocycles. The summed E-state index contributed by atoms with van der Waals surface area (Å²) in [6.07, 6.45) is 0. The van der Waals surface area contributed by atoms with Crippen LogP contribution in [0.5, 0.6) is 0 Å². The number of rotatable bonds is 5. The van der Waals surface area contributed by atoms with E-state index in [2.05, 4.69) is 10.7 Å². The van der Waals surface area contributed by atoms with Crippen LogP contribution in [0.15, 0.2) is 18.2 Å². The fourth-order valence-electron chi connectivity index (χ4n) is 1.19. The molecule has 0 atom stereocenters. The molecule has 1 rings (SSSR count). The molecule has 0 radical (unpaired) electrons. The number of para-hydroxylation sites is 1. The zero-order valence-corrected chi connectivity index (χ0v) is 7.93. The summed E-state index contributed by atoms with van der Waals surface area (Å²) < 4.78 is 0. The number of hydrogen-bond acceptors (Lipinski definition) is 6. The van der Waals surface area contributed by atoms with Crippen molar-refractivity contribution in [3.05, 3.63) is 28.3 Å². The van der Waals surface area contributed by atoms with Gasteiger partial charge in [-0.2, -0.15) is 0 Å². The smallest absolute Gasteiger partial charge is 0.316 e. The number of nitrogens with one attached hydrogen (secondary N) is 2. The zero-order chi connectivity index (χ0) is 11.3.